The quantitative estimate of drug-likeness (QED) is 0.776. The molecule has 0 aliphatic rings. The van der Waals surface area contributed by atoms with Crippen LogP contribution in [0.4, 0.5) is 5.69 Å². The molecule has 1 heterocycles. The number of anilines is 1. The molecule has 7 heteroatoms. The molecule has 0 fully saturated rings. The minimum atomic E-state index is -3.06. The van der Waals surface area contributed by atoms with Crippen molar-refractivity contribution in [2.24, 2.45) is 0 Å². The number of carbonyl (C=O) groups is 1. The molecule has 0 saturated heterocycles. The van der Waals surface area contributed by atoms with Gasteiger partial charge in [0.1, 0.15) is 0 Å². The second-order valence-electron chi connectivity index (χ2n) is 3.66. The summed E-state index contributed by atoms with van der Waals surface area (Å²) in [7, 11) is -1.37. The summed E-state index contributed by atoms with van der Waals surface area (Å²) in [6.45, 7) is 1.69. The zero-order valence-electron chi connectivity index (χ0n) is 10.4. The molecule has 0 unspecified atom stereocenters. The van der Waals surface area contributed by atoms with Crippen LogP contribution in [0.5, 0.6) is 0 Å². The molecule has 0 aliphatic carbocycles. The van der Waals surface area contributed by atoms with Crippen LogP contribution in [0.3, 0.4) is 0 Å². The molecule has 1 aromatic rings. The molecule has 18 heavy (non-hydrogen) atoms. The molecule has 0 atom stereocenters. The number of carbonyl (C=O) groups excluding carboxylic acids is 1. The van der Waals surface area contributed by atoms with Gasteiger partial charge >= 0.3 is 0 Å². The highest BCUT2D eigenvalue weighted by Crippen LogP contribution is 2.11. The first-order valence-electron chi connectivity index (χ1n) is 5.60. The van der Waals surface area contributed by atoms with Crippen molar-refractivity contribution in [2.45, 2.75) is 6.92 Å². The standard InChI is InChI=1S/C11H17N3O3S/c1-3-18(16,17)7-6-14-11(15)9-4-5-13-8-10(9)12-2/h4-5,8,12H,3,6-7H2,1-2H3,(H,14,15). The number of pyridine rings is 1. The maximum Gasteiger partial charge on any atom is 0.253 e. The lowest BCUT2D eigenvalue weighted by Crippen LogP contribution is -2.30. The van der Waals surface area contributed by atoms with Gasteiger partial charge in [-0.05, 0) is 6.07 Å². The predicted molar refractivity (Wildman–Crippen MR) is 70.4 cm³/mol. The zero-order valence-corrected chi connectivity index (χ0v) is 11.3. The van der Waals surface area contributed by atoms with E-state index in [2.05, 4.69) is 15.6 Å². The van der Waals surface area contributed by atoms with E-state index in [1.165, 1.54) is 12.4 Å². The lowest BCUT2D eigenvalue weighted by Gasteiger charge is -2.09. The van der Waals surface area contributed by atoms with Gasteiger partial charge in [0.05, 0.1) is 23.2 Å². The van der Waals surface area contributed by atoms with Crippen molar-refractivity contribution in [1.29, 1.82) is 0 Å². The molecule has 6 nitrogen and oxygen atoms in total. The molecule has 0 bridgehead atoms. The van der Waals surface area contributed by atoms with E-state index < -0.39 is 9.84 Å². The van der Waals surface area contributed by atoms with Gasteiger partial charge in [-0.1, -0.05) is 6.92 Å². The maximum atomic E-state index is 11.8. The van der Waals surface area contributed by atoms with Crippen LogP contribution in [0.25, 0.3) is 0 Å². The van der Waals surface area contributed by atoms with E-state index in [-0.39, 0.29) is 24.0 Å². The van der Waals surface area contributed by atoms with Crippen LogP contribution < -0.4 is 10.6 Å². The number of sulfone groups is 1. The highest BCUT2D eigenvalue weighted by Gasteiger charge is 2.12. The number of nitrogens with one attached hydrogen (secondary N) is 2. The largest absolute Gasteiger partial charge is 0.386 e. The monoisotopic (exact) mass is 271 g/mol. The number of nitrogens with zero attached hydrogens (tertiary/aromatic N) is 1. The van der Waals surface area contributed by atoms with E-state index in [0.29, 0.717) is 11.3 Å². The smallest absolute Gasteiger partial charge is 0.253 e. The number of rotatable bonds is 6. The van der Waals surface area contributed by atoms with Gasteiger partial charge in [0.25, 0.3) is 5.91 Å². The second kappa shape index (κ2) is 6.34. The second-order valence-corrected chi connectivity index (χ2v) is 6.14. The van der Waals surface area contributed by atoms with Crippen LogP contribution in [0.1, 0.15) is 17.3 Å². The Balaban J connectivity index is 2.61. The third-order valence-corrected chi connectivity index (χ3v) is 4.18. The van der Waals surface area contributed by atoms with Gasteiger partial charge in [-0.15, -0.1) is 0 Å². The fraction of sp³-hybridized carbons (Fsp3) is 0.455. The van der Waals surface area contributed by atoms with Crippen molar-refractivity contribution in [3.8, 4) is 0 Å². The predicted octanol–water partition coefficient (Wildman–Crippen LogP) is 0.288. The number of hydrogen-bond donors (Lipinski definition) is 2. The van der Waals surface area contributed by atoms with Crippen molar-refractivity contribution in [1.82, 2.24) is 10.3 Å². The van der Waals surface area contributed by atoms with Crippen LogP contribution >= 0.6 is 0 Å². The number of hydrogen-bond acceptors (Lipinski definition) is 5. The average Bonchev–Trinajstić information content (AvgIpc) is 2.38. The Labute approximate surface area is 107 Å². The van der Waals surface area contributed by atoms with Gasteiger partial charge in [-0.25, -0.2) is 8.42 Å². The summed E-state index contributed by atoms with van der Waals surface area (Å²) in [6.07, 6.45) is 3.05. The fourth-order valence-electron chi connectivity index (χ4n) is 1.35. The van der Waals surface area contributed by atoms with E-state index in [0.717, 1.165) is 0 Å². The van der Waals surface area contributed by atoms with E-state index in [9.17, 15) is 13.2 Å². The molecule has 0 spiro atoms. The number of amides is 1. The Morgan fingerprint density at radius 1 is 1.44 bits per heavy atom. The van der Waals surface area contributed by atoms with Gasteiger partial charge in [-0.2, -0.15) is 0 Å². The highest BCUT2D eigenvalue weighted by molar-refractivity contribution is 7.91. The van der Waals surface area contributed by atoms with Gasteiger partial charge in [-0.3, -0.25) is 9.78 Å². The summed E-state index contributed by atoms with van der Waals surface area (Å²) in [6, 6.07) is 1.58. The van der Waals surface area contributed by atoms with Crippen molar-refractivity contribution in [2.75, 3.05) is 30.4 Å². The summed E-state index contributed by atoms with van der Waals surface area (Å²) < 4.78 is 22.5. The van der Waals surface area contributed by atoms with Gasteiger partial charge in [0.15, 0.2) is 9.84 Å². The molecule has 0 radical (unpaired) electrons. The summed E-state index contributed by atoms with van der Waals surface area (Å²) in [4.78, 5) is 15.7. The molecule has 0 aliphatic heterocycles. The maximum absolute atomic E-state index is 11.8. The Morgan fingerprint density at radius 3 is 2.78 bits per heavy atom. The third kappa shape index (κ3) is 3.99. The van der Waals surface area contributed by atoms with Gasteiger partial charge < -0.3 is 10.6 Å². The van der Waals surface area contributed by atoms with E-state index in [1.54, 1.807) is 20.0 Å². The topological polar surface area (TPSA) is 88.2 Å². The lowest BCUT2D eigenvalue weighted by molar-refractivity contribution is 0.0957. The molecule has 100 valence electrons. The first-order valence-corrected chi connectivity index (χ1v) is 7.42. The van der Waals surface area contributed by atoms with Crippen LogP contribution in [-0.4, -0.2) is 44.4 Å². The van der Waals surface area contributed by atoms with E-state index >= 15 is 0 Å². The molecule has 2 N–H and O–H groups in total. The third-order valence-electron chi connectivity index (χ3n) is 2.47. The first-order chi connectivity index (χ1) is 8.50. The van der Waals surface area contributed by atoms with Crippen LogP contribution in [0, 0.1) is 0 Å². The summed E-state index contributed by atoms with van der Waals surface area (Å²) in [5.41, 5.74) is 1.05. The van der Waals surface area contributed by atoms with Crippen LogP contribution in [0.2, 0.25) is 0 Å². The van der Waals surface area contributed by atoms with Crippen molar-refractivity contribution >= 4 is 21.4 Å². The number of aromatic nitrogens is 1. The Kier molecular flexibility index (Phi) is 5.08. The fourth-order valence-corrected chi connectivity index (χ4v) is 2.05. The minimum absolute atomic E-state index is 0.0464. The zero-order chi connectivity index (χ0) is 13.6. The van der Waals surface area contributed by atoms with Crippen molar-refractivity contribution in [3.63, 3.8) is 0 Å². The van der Waals surface area contributed by atoms with Gasteiger partial charge in [0, 0.05) is 25.5 Å². The van der Waals surface area contributed by atoms with E-state index in [4.69, 9.17) is 0 Å². The van der Waals surface area contributed by atoms with Crippen molar-refractivity contribution < 1.29 is 13.2 Å². The Bertz CT molecular complexity index is 514. The lowest BCUT2D eigenvalue weighted by atomic mass is 10.2. The van der Waals surface area contributed by atoms with Crippen LogP contribution in [0.15, 0.2) is 18.5 Å². The Hall–Kier alpha value is -1.63. The first kappa shape index (κ1) is 14.4. The summed E-state index contributed by atoms with van der Waals surface area (Å²) in [5, 5.41) is 5.43. The van der Waals surface area contributed by atoms with Crippen LogP contribution in [-0.2, 0) is 9.84 Å². The molecule has 1 amide bonds. The summed E-state index contributed by atoms with van der Waals surface area (Å²) in [5.74, 6) is -0.275. The molecule has 0 saturated carbocycles. The highest BCUT2D eigenvalue weighted by atomic mass is 32.2. The minimum Gasteiger partial charge on any atom is -0.386 e. The SMILES string of the molecule is CCS(=O)(=O)CCNC(=O)c1ccncc1NC. The van der Waals surface area contributed by atoms with Gasteiger partial charge in [0.2, 0.25) is 0 Å². The molecule has 1 rings (SSSR count). The normalized spacial score (nSPS) is 11.0. The summed E-state index contributed by atoms with van der Waals surface area (Å²) >= 11 is 0. The molecule has 0 aromatic carbocycles. The Morgan fingerprint density at radius 2 is 2.17 bits per heavy atom. The molecule has 1 aromatic heterocycles. The average molecular weight is 271 g/mol. The molecular formula is C11H17N3O3S. The molecular weight excluding hydrogens is 254 g/mol. The van der Waals surface area contributed by atoms with Crippen molar-refractivity contribution in [3.05, 3.63) is 24.0 Å². The van der Waals surface area contributed by atoms with E-state index in [1.807, 2.05) is 0 Å².